The van der Waals surface area contributed by atoms with E-state index in [4.69, 9.17) is 0 Å². The van der Waals surface area contributed by atoms with Crippen LogP contribution in [0.3, 0.4) is 0 Å². The molecule has 0 radical (unpaired) electrons. The molecule has 3 nitrogen and oxygen atoms in total. The molecule has 0 unspecified atom stereocenters. The minimum atomic E-state index is 1.05. The molecule has 7 rings (SSSR count). The molecule has 0 saturated heterocycles. The van der Waals surface area contributed by atoms with Gasteiger partial charge in [0, 0.05) is 53.7 Å². The van der Waals surface area contributed by atoms with Gasteiger partial charge in [-0.1, -0.05) is 60.7 Å². The van der Waals surface area contributed by atoms with Crippen LogP contribution < -0.4 is 19.8 Å². The third-order valence-electron chi connectivity index (χ3n) is 6.54. The maximum absolute atomic E-state index is 3.66. The smallest absolute Gasteiger partial charge is 0.0485 e. The zero-order valence-corrected chi connectivity index (χ0v) is 20.3. The molecule has 0 amide bonds. The van der Waals surface area contributed by atoms with Gasteiger partial charge in [0.05, 0.1) is 0 Å². The van der Waals surface area contributed by atoms with Crippen LogP contribution in [-0.2, 0) is 0 Å². The van der Waals surface area contributed by atoms with Crippen LogP contribution in [-0.4, -0.2) is 15.0 Å². The number of fused-ring (bicyclic) bond motifs is 8. The second-order valence-electron chi connectivity index (χ2n) is 8.95. The van der Waals surface area contributed by atoms with E-state index in [0.29, 0.717) is 0 Å². The summed E-state index contributed by atoms with van der Waals surface area (Å²) in [7, 11) is 0. The van der Waals surface area contributed by atoms with Gasteiger partial charge in [-0.2, -0.15) is 0 Å². The molecule has 172 valence electrons. The zero-order valence-electron chi connectivity index (χ0n) is 19.5. The summed E-state index contributed by atoms with van der Waals surface area (Å²) in [4.78, 5) is 10.9. The number of rotatable bonds is 2. The molecule has 1 aliphatic rings. The number of benzene rings is 2. The highest BCUT2D eigenvalue weighted by Gasteiger charge is 2.12. The molecular weight excluding hydrogens is 458 g/mol. The first kappa shape index (κ1) is 20.8. The Bertz CT molecular complexity index is 1790. The van der Waals surface area contributed by atoms with E-state index < -0.39 is 0 Å². The lowest BCUT2D eigenvalue weighted by molar-refractivity contribution is 1.22. The predicted molar refractivity (Wildman–Crippen MR) is 148 cm³/mol. The third kappa shape index (κ3) is 3.78. The third-order valence-corrected chi connectivity index (χ3v) is 7.59. The summed E-state index contributed by atoms with van der Waals surface area (Å²) in [5.41, 5.74) is 9.08. The van der Waals surface area contributed by atoms with E-state index >= 15 is 0 Å². The summed E-state index contributed by atoms with van der Waals surface area (Å²) < 4.78 is 2.44. The Balaban J connectivity index is 1.54. The van der Waals surface area contributed by atoms with Crippen molar-refractivity contribution < 1.29 is 0 Å². The molecule has 4 aromatic heterocycles. The van der Waals surface area contributed by atoms with Gasteiger partial charge in [-0.25, -0.2) is 0 Å². The fraction of sp³-hybridized carbons (Fsp3) is 0. The van der Waals surface area contributed by atoms with Crippen molar-refractivity contribution in [1.29, 1.82) is 0 Å². The number of aromatic amines is 3. The van der Waals surface area contributed by atoms with Gasteiger partial charge in [0.15, 0.2) is 0 Å². The summed E-state index contributed by atoms with van der Waals surface area (Å²) >= 11 is 1.80. The fourth-order valence-corrected chi connectivity index (χ4v) is 5.95. The molecule has 5 heterocycles. The monoisotopic (exact) mass is 481 g/mol. The van der Waals surface area contributed by atoms with Crippen molar-refractivity contribution in [3.8, 4) is 0 Å². The van der Waals surface area contributed by atoms with Crippen LogP contribution >= 0.6 is 11.3 Å². The number of nitrogens with one attached hydrogen (secondary N) is 3. The molecule has 36 heavy (non-hydrogen) atoms. The maximum atomic E-state index is 3.66. The molecule has 2 aromatic carbocycles. The number of H-pyrrole nitrogens is 3. The molecule has 0 atom stereocenters. The molecule has 0 fully saturated rings. The van der Waals surface area contributed by atoms with E-state index in [1.807, 2.05) is 0 Å². The summed E-state index contributed by atoms with van der Waals surface area (Å²) in [5, 5.41) is 2.13. The van der Waals surface area contributed by atoms with Crippen molar-refractivity contribution in [2.75, 3.05) is 0 Å². The molecule has 4 heteroatoms. The van der Waals surface area contributed by atoms with Crippen molar-refractivity contribution >= 4 is 34.6 Å². The first-order chi connectivity index (χ1) is 17.8. The van der Waals surface area contributed by atoms with Crippen LogP contribution in [0.25, 0.3) is 23.3 Å². The molecule has 3 N–H and O–H groups in total. The minimum absolute atomic E-state index is 1.05. The normalized spacial score (nSPS) is 12.8. The summed E-state index contributed by atoms with van der Waals surface area (Å²) in [6, 6.07) is 38.5. The Morgan fingerprint density at radius 3 is 1.83 bits per heavy atom. The van der Waals surface area contributed by atoms with E-state index in [0.717, 1.165) is 39.0 Å². The van der Waals surface area contributed by atoms with Crippen molar-refractivity contribution in [3.05, 3.63) is 163 Å². The van der Waals surface area contributed by atoms with Crippen LogP contribution in [0.5, 0.6) is 0 Å². The van der Waals surface area contributed by atoms with Gasteiger partial charge in [-0.05, 0) is 71.8 Å². The average molecular weight is 482 g/mol. The SMILES string of the molecule is C1=c2ccc([nH]2)=C(c2ccccc2)c2ccc([nH]2)C=c2ccc(s2)=C(c2ccccc2)c2ccc1[nH]2. The second-order valence-corrected chi connectivity index (χ2v) is 10.1. The van der Waals surface area contributed by atoms with Crippen molar-refractivity contribution in [2.45, 2.75) is 0 Å². The largest absolute Gasteiger partial charge is 0.355 e. The fourth-order valence-electron chi connectivity index (χ4n) is 4.91. The first-order valence-electron chi connectivity index (χ1n) is 12.0. The molecule has 0 aliphatic carbocycles. The summed E-state index contributed by atoms with van der Waals surface area (Å²) in [5.74, 6) is 0. The van der Waals surface area contributed by atoms with Gasteiger partial charge in [-0.3, -0.25) is 0 Å². The lowest BCUT2D eigenvalue weighted by Gasteiger charge is -2.05. The summed E-state index contributed by atoms with van der Waals surface area (Å²) in [6.45, 7) is 0. The van der Waals surface area contributed by atoms with Crippen LogP contribution in [0, 0.1) is 0 Å². The molecule has 8 bridgehead atoms. The van der Waals surface area contributed by atoms with E-state index in [-0.39, 0.29) is 0 Å². The van der Waals surface area contributed by atoms with Crippen LogP contribution in [0.2, 0.25) is 0 Å². The van der Waals surface area contributed by atoms with E-state index in [1.54, 1.807) is 11.3 Å². The van der Waals surface area contributed by atoms with E-state index in [1.165, 1.54) is 25.8 Å². The Hall–Kier alpha value is -4.54. The lowest BCUT2D eigenvalue weighted by Crippen LogP contribution is -2.14. The van der Waals surface area contributed by atoms with Gasteiger partial charge < -0.3 is 15.0 Å². The highest BCUT2D eigenvalue weighted by atomic mass is 32.1. The van der Waals surface area contributed by atoms with Crippen molar-refractivity contribution in [1.82, 2.24) is 15.0 Å². The number of thiophene rings is 1. The topological polar surface area (TPSA) is 47.4 Å². The van der Waals surface area contributed by atoms with Crippen molar-refractivity contribution in [3.63, 3.8) is 0 Å². The average Bonchev–Trinajstić information content (AvgIpc) is 3.72. The Morgan fingerprint density at radius 2 is 1.11 bits per heavy atom. The molecule has 6 aromatic rings. The van der Waals surface area contributed by atoms with Gasteiger partial charge in [0.2, 0.25) is 0 Å². The molecule has 1 aliphatic heterocycles. The maximum Gasteiger partial charge on any atom is 0.0485 e. The van der Waals surface area contributed by atoms with Gasteiger partial charge >= 0.3 is 0 Å². The van der Waals surface area contributed by atoms with E-state index in [2.05, 4.69) is 136 Å². The quantitative estimate of drug-likeness (QED) is 0.332. The lowest BCUT2D eigenvalue weighted by atomic mass is 10.0. The van der Waals surface area contributed by atoms with Crippen molar-refractivity contribution in [2.24, 2.45) is 0 Å². The summed E-state index contributed by atoms with van der Waals surface area (Å²) in [6.07, 6.45) is 4.39. The molecule has 0 saturated carbocycles. The zero-order chi connectivity index (χ0) is 23.9. The Kier molecular flexibility index (Phi) is 4.97. The van der Waals surface area contributed by atoms with Gasteiger partial charge in [0.25, 0.3) is 0 Å². The standard InChI is InChI=1S/C32H23N3S/c1-3-7-21(8-4-1)31-27-15-11-23(33-27)19-24-12-17-29(34-24)32(22-9-5-2-6-10-22)30-18-14-26(36-30)20-25-13-16-28(31)35-25/h1-20,33-35H. The van der Waals surface area contributed by atoms with E-state index in [9.17, 15) is 0 Å². The van der Waals surface area contributed by atoms with Crippen LogP contribution in [0.15, 0.2) is 109 Å². The highest BCUT2D eigenvalue weighted by molar-refractivity contribution is 7.07. The number of hydrogen-bond acceptors (Lipinski definition) is 1. The number of aromatic nitrogens is 3. The predicted octanol–water partition coefficient (Wildman–Crippen LogP) is 4.20. The Morgan fingerprint density at radius 1 is 0.472 bits per heavy atom. The minimum Gasteiger partial charge on any atom is -0.355 e. The second kappa shape index (κ2) is 8.59. The van der Waals surface area contributed by atoms with Gasteiger partial charge in [0.1, 0.15) is 0 Å². The first-order valence-corrected chi connectivity index (χ1v) is 12.8. The van der Waals surface area contributed by atoms with Gasteiger partial charge in [-0.15, -0.1) is 11.3 Å². The molecular formula is C32H23N3S. The number of hydrogen-bond donors (Lipinski definition) is 3. The highest BCUT2D eigenvalue weighted by Crippen LogP contribution is 2.22. The van der Waals surface area contributed by atoms with Crippen LogP contribution in [0.4, 0.5) is 0 Å². The van der Waals surface area contributed by atoms with Crippen LogP contribution in [0.1, 0.15) is 33.9 Å². The Labute approximate surface area is 212 Å². The molecule has 0 spiro atoms.